The van der Waals surface area contributed by atoms with Crippen molar-refractivity contribution in [1.82, 2.24) is 0 Å². The Balaban J connectivity index is 3.07. The predicted molar refractivity (Wildman–Crippen MR) is 76.4 cm³/mol. The third-order valence-electron chi connectivity index (χ3n) is 3.17. The summed E-state index contributed by atoms with van der Waals surface area (Å²) in [6.45, 7) is 7.13. The number of rotatable bonds is 6. The molecule has 1 rings (SSSR count). The van der Waals surface area contributed by atoms with E-state index in [4.69, 9.17) is 11.0 Å². The summed E-state index contributed by atoms with van der Waals surface area (Å²) in [4.78, 5) is 2.26. The Morgan fingerprint density at radius 3 is 2.56 bits per heavy atom. The highest BCUT2D eigenvalue weighted by Crippen LogP contribution is 2.28. The van der Waals surface area contributed by atoms with Crippen LogP contribution in [-0.2, 0) is 0 Å². The van der Waals surface area contributed by atoms with Crippen LogP contribution in [-0.4, -0.2) is 12.6 Å². The lowest BCUT2D eigenvalue weighted by atomic mass is 10.0. The first-order valence-corrected chi connectivity index (χ1v) is 6.59. The molecular formula is C15H23N3. The van der Waals surface area contributed by atoms with Gasteiger partial charge in [0.15, 0.2) is 0 Å². The molecule has 0 amide bonds. The maximum Gasteiger partial charge on any atom is 0.0640 e. The van der Waals surface area contributed by atoms with Crippen LogP contribution in [0.5, 0.6) is 0 Å². The number of hydrogen-bond acceptors (Lipinski definition) is 3. The van der Waals surface area contributed by atoms with Crippen molar-refractivity contribution >= 4 is 5.69 Å². The Morgan fingerprint density at radius 1 is 1.33 bits per heavy atom. The summed E-state index contributed by atoms with van der Waals surface area (Å²) in [7, 11) is 0. The summed E-state index contributed by atoms with van der Waals surface area (Å²) < 4.78 is 0. The summed E-state index contributed by atoms with van der Waals surface area (Å²) in [6.07, 6.45) is 1.45. The molecule has 0 unspecified atom stereocenters. The van der Waals surface area contributed by atoms with Crippen LogP contribution >= 0.6 is 0 Å². The number of para-hydroxylation sites is 1. The average molecular weight is 245 g/mol. The summed E-state index contributed by atoms with van der Waals surface area (Å²) in [5, 5.41) is 8.77. The van der Waals surface area contributed by atoms with E-state index in [2.05, 4.69) is 43.9 Å². The second-order valence-corrected chi connectivity index (χ2v) is 4.77. The minimum Gasteiger partial charge on any atom is -0.368 e. The first-order valence-electron chi connectivity index (χ1n) is 6.59. The molecule has 0 heterocycles. The molecule has 0 aromatic heterocycles. The largest absolute Gasteiger partial charge is 0.368 e. The molecular weight excluding hydrogens is 222 g/mol. The lowest BCUT2D eigenvalue weighted by Crippen LogP contribution is -2.33. The fourth-order valence-electron chi connectivity index (χ4n) is 2.11. The monoisotopic (exact) mass is 245 g/mol. The van der Waals surface area contributed by atoms with Gasteiger partial charge in [0.05, 0.1) is 12.5 Å². The van der Waals surface area contributed by atoms with E-state index in [1.807, 2.05) is 12.1 Å². The van der Waals surface area contributed by atoms with Gasteiger partial charge in [0.2, 0.25) is 0 Å². The van der Waals surface area contributed by atoms with Crippen LogP contribution in [0.3, 0.4) is 0 Å². The van der Waals surface area contributed by atoms with E-state index in [0.717, 1.165) is 18.7 Å². The first kappa shape index (κ1) is 14.5. The predicted octanol–water partition coefficient (Wildman–Crippen LogP) is 3.22. The van der Waals surface area contributed by atoms with Crippen LogP contribution in [0.2, 0.25) is 0 Å². The van der Waals surface area contributed by atoms with Gasteiger partial charge < -0.3 is 10.6 Å². The van der Waals surface area contributed by atoms with E-state index in [0.29, 0.717) is 12.5 Å². The van der Waals surface area contributed by atoms with Crippen molar-refractivity contribution in [3.8, 4) is 6.07 Å². The van der Waals surface area contributed by atoms with E-state index >= 15 is 0 Å². The van der Waals surface area contributed by atoms with Gasteiger partial charge in [-0.2, -0.15) is 5.26 Å². The number of hydrogen-bond donors (Lipinski definition) is 1. The standard InChI is InChI=1S/C15H23N3/c1-4-14(17)13-8-5-6-9-15(13)18(12(2)3)11-7-10-16/h5-6,8-9,12,14H,4,7,11,17H2,1-3H3/t14-/m1/s1. The highest BCUT2D eigenvalue weighted by molar-refractivity contribution is 5.55. The Kier molecular flexibility index (Phi) is 5.67. The minimum atomic E-state index is 0.0598. The quantitative estimate of drug-likeness (QED) is 0.837. The van der Waals surface area contributed by atoms with E-state index < -0.39 is 0 Å². The summed E-state index contributed by atoms with van der Waals surface area (Å²) in [5.74, 6) is 0. The number of nitrogens with zero attached hydrogens (tertiary/aromatic N) is 2. The van der Waals surface area contributed by atoms with Gasteiger partial charge in [0, 0.05) is 24.3 Å². The third-order valence-corrected chi connectivity index (χ3v) is 3.17. The molecule has 0 aliphatic heterocycles. The number of nitriles is 1. The fourth-order valence-corrected chi connectivity index (χ4v) is 2.11. The lowest BCUT2D eigenvalue weighted by Gasteiger charge is -2.31. The molecule has 0 spiro atoms. The molecule has 3 heteroatoms. The van der Waals surface area contributed by atoms with Crippen LogP contribution in [0.1, 0.15) is 45.2 Å². The zero-order valence-electron chi connectivity index (χ0n) is 11.6. The maximum atomic E-state index is 8.77. The average Bonchev–Trinajstić information content (AvgIpc) is 2.38. The highest BCUT2D eigenvalue weighted by atomic mass is 15.2. The Hall–Kier alpha value is -1.53. The molecule has 98 valence electrons. The first-order chi connectivity index (χ1) is 8.61. The van der Waals surface area contributed by atoms with Crippen LogP contribution in [0, 0.1) is 11.3 Å². The molecule has 0 radical (unpaired) electrons. The molecule has 0 aliphatic carbocycles. The van der Waals surface area contributed by atoms with Crippen LogP contribution in [0.4, 0.5) is 5.69 Å². The normalized spacial score (nSPS) is 12.2. The number of anilines is 1. The molecule has 1 aromatic carbocycles. The summed E-state index contributed by atoms with van der Waals surface area (Å²) in [5.41, 5.74) is 8.51. The molecule has 18 heavy (non-hydrogen) atoms. The van der Waals surface area contributed by atoms with Crippen molar-refractivity contribution in [2.24, 2.45) is 5.73 Å². The van der Waals surface area contributed by atoms with Gasteiger partial charge in [0.25, 0.3) is 0 Å². The molecule has 0 aliphatic rings. The molecule has 2 N–H and O–H groups in total. The van der Waals surface area contributed by atoms with Crippen molar-refractivity contribution in [2.75, 3.05) is 11.4 Å². The van der Waals surface area contributed by atoms with Gasteiger partial charge >= 0.3 is 0 Å². The molecule has 1 aromatic rings. The molecule has 0 saturated carbocycles. The van der Waals surface area contributed by atoms with E-state index in [1.165, 1.54) is 5.56 Å². The summed E-state index contributed by atoms with van der Waals surface area (Å²) in [6, 6.07) is 10.9. The third kappa shape index (κ3) is 3.48. The second kappa shape index (κ2) is 7.03. The van der Waals surface area contributed by atoms with Crippen molar-refractivity contribution in [1.29, 1.82) is 5.26 Å². The zero-order chi connectivity index (χ0) is 13.5. The number of nitrogens with two attached hydrogens (primary N) is 1. The fraction of sp³-hybridized carbons (Fsp3) is 0.533. The Labute approximate surface area is 110 Å². The van der Waals surface area contributed by atoms with Crippen molar-refractivity contribution in [3.05, 3.63) is 29.8 Å². The van der Waals surface area contributed by atoms with Gasteiger partial charge in [0.1, 0.15) is 0 Å². The molecule has 0 saturated heterocycles. The topological polar surface area (TPSA) is 53.0 Å². The Morgan fingerprint density at radius 2 is 2.00 bits per heavy atom. The maximum absolute atomic E-state index is 8.77. The SMILES string of the molecule is CC[C@@H](N)c1ccccc1N(CCC#N)C(C)C. The molecule has 1 atom stereocenters. The molecule has 0 fully saturated rings. The zero-order valence-corrected chi connectivity index (χ0v) is 11.6. The van der Waals surface area contributed by atoms with E-state index in [-0.39, 0.29) is 6.04 Å². The van der Waals surface area contributed by atoms with Gasteiger partial charge in [-0.05, 0) is 31.9 Å². The van der Waals surface area contributed by atoms with Crippen molar-refractivity contribution in [2.45, 2.75) is 45.7 Å². The Bertz CT molecular complexity index is 406. The summed E-state index contributed by atoms with van der Waals surface area (Å²) >= 11 is 0. The van der Waals surface area contributed by atoms with Gasteiger partial charge in [-0.3, -0.25) is 0 Å². The van der Waals surface area contributed by atoms with Gasteiger partial charge in [-0.15, -0.1) is 0 Å². The number of benzene rings is 1. The van der Waals surface area contributed by atoms with Gasteiger partial charge in [-0.25, -0.2) is 0 Å². The van der Waals surface area contributed by atoms with Crippen molar-refractivity contribution in [3.63, 3.8) is 0 Å². The molecule has 0 bridgehead atoms. The lowest BCUT2D eigenvalue weighted by molar-refractivity contribution is 0.657. The second-order valence-electron chi connectivity index (χ2n) is 4.77. The molecule has 3 nitrogen and oxygen atoms in total. The smallest absolute Gasteiger partial charge is 0.0640 e. The van der Waals surface area contributed by atoms with Crippen LogP contribution in [0.25, 0.3) is 0 Å². The van der Waals surface area contributed by atoms with E-state index in [9.17, 15) is 0 Å². The van der Waals surface area contributed by atoms with E-state index in [1.54, 1.807) is 0 Å². The van der Waals surface area contributed by atoms with Gasteiger partial charge in [-0.1, -0.05) is 25.1 Å². The van der Waals surface area contributed by atoms with Crippen LogP contribution < -0.4 is 10.6 Å². The van der Waals surface area contributed by atoms with Crippen LogP contribution in [0.15, 0.2) is 24.3 Å². The van der Waals surface area contributed by atoms with Crippen molar-refractivity contribution < 1.29 is 0 Å². The minimum absolute atomic E-state index is 0.0598. The highest BCUT2D eigenvalue weighted by Gasteiger charge is 2.16.